The van der Waals surface area contributed by atoms with Crippen LogP contribution in [0.3, 0.4) is 0 Å². The number of aryl methyl sites for hydroxylation is 1. The van der Waals surface area contributed by atoms with E-state index in [0.29, 0.717) is 11.5 Å². The second-order valence-electron chi connectivity index (χ2n) is 4.96. The van der Waals surface area contributed by atoms with Gasteiger partial charge in [0.2, 0.25) is 0 Å². The zero-order valence-corrected chi connectivity index (χ0v) is 13.6. The van der Waals surface area contributed by atoms with Crippen molar-refractivity contribution < 1.29 is 22.0 Å². The molecule has 2 heterocycles. The standard InChI is InChI=1S/C15H14FN3O4S/c1-9-15(8-14(23-9)12-5-6-17-18-12)24(20,21)19-10-3-4-13(22-2)11(16)7-10/h3-8,19H,1-2H3,(H,17,18). The lowest BCUT2D eigenvalue weighted by Gasteiger charge is -2.08. The van der Waals surface area contributed by atoms with Gasteiger partial charge in [0, 0.05) is 18.3 Å². The Bertz CT molecular complexity index is 965. The van der Waals surface area contributed by atoms with E-state index in [9.17, 15) is 12.8 Å². The van der Waals surface area contributed by atoms with Crippen molar-refractivity contribution in [2.24, 2.45) is 0 Å². The van der Waals surface area contributed by atoms with Crippen LogP contribution >= 0.6 is 0 Å². The maximum Gasteiger partial charge on any atom is 0.265 e. The van der Waals surface area contributed by atoms with Crippen LogP contribution in [0.15, 0.2) is 45.8 Å². The SMILES string of the molecule is COc1ccc(NS(=O)(=O)c2cc(-c3ccn[nH]3)oc2C)cc1F. The smallest absolute Gasteiger partial charge is 0.265 e. The van der Waals surface area contributed by atoms with Crippen LogP contribution in [-0.4, -0.2) is 25.7 Å². The van der Waals surface area contributed by atoms with Crippen LogP contribution in [-0.2, 0) is 10.0 Å². The molecule has 3 aromatic rings. The third kappa shape index (κ3) is 2.98. The van der Waals surface area contributed by atoms with E-state index in [0.717, 1.165) is 6.07 Å². The molecule has 7 nitrogen and oxygen atoms in total. The Morgan fingerprint density at radius 1 is 1.29 bits per heavy atom. The van der Waals surface area contributed by atoms with E-state index in [-0.39, 0.29) is 22.1 Å². The van der Waals surface area contributed by atoms with Gasteiger partial charge in [0.05, 0.1) is 12.8 Å². The third-order valence-electron chi connectivity index (χ3n) is 3.33. The van der Waals surface area contributed by atoms with Gasteiger partial charge in [-0.3, -0.25) is 9.82 Å². The molecule has 0 amide bonds. The van der Waals surface area contributed by atoms with Crippen molar-refractivity contribution in [2.75, 3.05) is 11.8 Å². The van der Waals surface area contributed by atoms with Crippen LogP contribution in [0.25, 0.3) is 11.5 Å². The van der Waals surface area contributed by atoms with Crippen molar-refractivity contribution in [3.05, 3.63) is 48.1 Å². The molecular weight excluding hydrogens is 337 g/mol. The topological polar surface area (TPSA) is 97.2 Å². The highest BCUT2D eigenvalue weighted by Crippen LogP contribution is 2.29. The number of hydrogen-bond acceptors (Lipinski definition) is 5. The number of anilines is 1. The van der Waals surface area contributed by atoms with E-state index in [1.54, 1.807) is 6.07 Å². The normalized spacial score (nSPS) is 11.5. The fraction of sp³-hybridized carbons (Fsp3) is 0.133. The number of methoxy groups -OCH3 is 1. The molecule has 0 spiro atoms. The van der Waals surface area contributed by atoms with Gasteiger partial charge in [0.15, 0.2) is 17.3 Å². The zero-order valence-electron chi connectivity index (χ0n) is 12.8. The number of ether oxygens (including phenoxy) is 1. The summed E-state index contributed by atoms with van der Waals surface area (Å²) in [6, 6.07) is 6.82. The molecule has 0 unspecified atom stereocenters. The average molecular weight is 351 g/mol. The molecule has 126 valence electrons. The highest BCUT2D eigenvalue weighted by Gasteiger charge is 2.23. The summed E-state index contributed by atoms with van der Waals surface area (Å²) >= 11 is 0. The number of aromatic nitrogens is 2. The van der Waals surface area contributed by atoms with E-state index in [1.807, 2.05) is 0 Å². The summed E-state index contributed by atoms with van der Waals surface area (Å²) in [5.74, 6) is -0.0916. The number of hydrogen-bond donors (Lipinski definition) is 2. The molecule has 0 atom stereocenters. The van der Waals surface area contributed by atoms with Crippen LogP contribution in [0, 0.1) is 12.7 Å². The predicted molar refractivity (Wildman–Crippen MR) is 84.8 cm³/mol. The van der Waals surface area contributed by atoms with Gasteiger partial charge in [-0.25, -0.2) is 12.8 Å². The van der Waals surface area contributed by atoms with E-state index in [1.165, 1.54) is 38.4 Å². The van der Waals surface area contributed by atoms with Crippen molar-refractivity contribution in [1.29, 1.82) is 0 Å². The Labute approximate surface area is 137 Å². The van der Waals surface area contributed by atoms with Crippen molar-refractivity contribution in [3.63, 3.8) is 0 Å². The number of rotatable bonds is 5. The number of nitrogens with one attached hydrogen (secondary N) is 2. The van der Waals surface area contributed by atoms with Gasteiger partial charge >= 0.3 is 0 Å². The van der Waals surface area contributed by atoms with Crippen molar-refractivity contribution >= 4 is 15.7 Å². The van der Waals surface area contributed by atoms with Gasteiger partial charge in [-0.05, 0) is 25.1 Å². The number of halogens is 1. The molecule has 24 heavy (non-hydrogen) atoms. The number of H-pyrrole nitrogens is 1. The zero-order chi connectivity index (χ0) is 17.3. The van der Waals surface area contributed by atoms with Crippen LogP contribution < -0.4 is 9.46 Å². The minimum Gasteiger partial charge on any atom is -0.494 e. The quantitative estimate of drug-likeness (QED) is 0.737. The molecule has 1 aromatic carbocycles. The molecular formula is C15H14FN3O4S. The largest absolute Gasteiger partial charge is 0.494 e. The Morgan fingerprint density at radius 3 is 2.71 bits per heavy atom. The molecule has 0 aliphatic carbocycles. The van der Waals surface area contributed by atoms with Crippen LogP contribution in [0.2, 0.25) is 0 Å². The second-order valence-corrected chi connectivity index (χ2v) is 6.61. The number of benzene rings is 1. The molecule has 0 aliphatic heterocycles. The monoisotopic (exact) mass is 351 g/mol. The molecule has 2 N–H and O–H groups in total. The summed E-state index contributed by atoms with van der Waals surface area (Å²) < 4.78 is 51.3. The van der Waals surface area contributed by atoms with Gasteiger partial charge in [-0.15, -0.1) is 0 Å². The van der Waals surface area contributed by atoms with Gasteiger partial charge < -0.3 is 9.15 Å². The summed E-state index contributed by atoms with van der Waals surface area (Å²) in [5.41, 5.74) is 0.632. The summed E-state index contributed by atoms with van der Waals surface area (Å²) in [6.45, 7) is 1.53. The third-order valence-corrected chi connectivity index (χ3v) is 4.82. The fourth-order valence-corrected chi connectivity index (χ4v) is 3.43. The first-order valence-electron chi connectivity index (χ1n) is 6.87. The van der Waals surface area contributed by atoms with Gasteiger partial charge in [-0.1, -0.05) is 0 Å². The van der Waals surface area contributed by atoms with E-state index in [4.69, 9.17) is 9.15 Å². The van der Waals surface area contributed by atoms with E-state index < -0.39 is 15.8 Å². The van der Waals surface area contributed by atoms with Crippen LogP contribution in [0.5, 0.6) is 5.75 Å². The van der Waals surface area contributed by atoms with Crippen molar-refractivity contribution in [2.45, 2.75) is 11.8 Å². The minimum absolute atomic E-state index is 0.0268. The fourth-order valence-electron chi connectivity index (χ4n) is 2.20. The lowest BCUT2D eigenvalue weighted by atomic mass is 10.3. The van der Waals surface area contributed by atoms with Crippen molar-refractivity contribution in [3.8, 4) is 17.2 Å². The van der Waals surface area contributed by atoms with Gasteiger partial charge in [0.25, 0.3) is 10.0 Å². The predicted octanol–water partition coefficient (Wildman–Crippen LogP) is 2.93. The second kappa shape index (κ2) is 6.00. The Balaban J connectivity index is 1.92. The number of aromatic amines is 1. The van der Waals surface area contributed by atoms with Gasteiger partial charge in [0.1, 0.15) is 16.3 Å². The highest BCUT2D eigenvalue weighted by molar-refractivity contribution is 7.92. The summed E-state index contributed by atoms with van der Waals surface area (Å²) in [4.78, 5) is -0.0386. The maximum absolute atomic E-state index is 13.7. The summed E-state index contributed by atoms with van der Waals surface area (Å²) in [5, 5.41) is 6.48. The molecule has 0 radical (unpaired) electrons. The van der Waals surface area contributed by atoms with E-state index in [2.05, 4.69) is 14.9 Å². The lowest BCUT2D eigenvalue weighted by molar-refractivity contribution is 0.386. The molecule has 0 fully saturated rings. The first-order valence-corrected chi connectivity index (χ1v) is 8.35. The Morgan fingerprint density at radius 2 is 2.08 bits per heavy atom. The minimum atomic E-state index is -3.94. The molecule has 0 saturated heterocycles. The summed E-state index contributed by atoms with van der Waals surface area (Å²) in [7, 11) is -2.61. The first-order chi connectivity index (χ1) is 11.4. The number of furan rings is 1. The van der Waals surface area contributed by atoms with Crippen molar-refractivity contribution in [1.82, 2.24) is 10.2 Å². The van der Waals surface area contributed by atoms with Crippen LogP contribution in [0.1, 0.15) is 5.76 Å². The molecule has 2 aromatic heterocycles. The molecule has 0 bridgehead atoms. The Kier molecular flexibility index (Phi) is 4.02. The maximum atomic E-state index is 13.7. The van der Waals surface area contributed by atoms with E-state index >= 15 is 0 Å². The number of nitrogens with zero attached hydrogens (tertiary/aromatic N) is 1. The molecule has 0 aliphatic rings. The Hall–Kier alpha value is -2.81. The summed E-state index contributed by atoms with van der Waals surface area (Å²) in [6.07, 6.45) is 1.53. The first kappa shape index (κ1) is 16.1. The molecule has 0 saturated carbocycles. The van der Waals surface area contributed by atoms with Gasteiger partial charge in [-0.2, -0.15) is 5.10 Å². The highest BCUT2D eigenvalue weighted by atomic mass is 32.2. The number of sulfonamides is 1. The molecule has 9 heteroatoms. The average Bonchev–Trinajstić information content (AvgIpc) is 3.16. The van der Waals surface area contributed by atoms with Crippen LogP contribution in [0.4, 0.5) is 10.1 Å². The molecule has 3 rings (SSSR count). The lowest BCUT2D eigenvalue weighted by Crippen LogP contribution is -2.13.